The van der Waals surface area contributed by atoms with E-state index in [0.29, 0.717) is 17.1 Å². The molecule has 0 fully saturated rings. The second kappa shape index (κ2) is 8.49. The van der Waals surface area contributed by atoms with Crippen LogP contribution in [0, 0.1) is 0 Å². The van der Waals surface area contributed by atoms with Gasteiger partial charge in [0.1, 0.15) is 5.75 Å². The first kappa shape index (κ1) is 19.2. The van der Waals surface area contributed by atoms with Gasteiger partial charge in [-0.15, -0.1) is 0 Å². The van der Waals surface area contributed by atoms with Crippen LogP contribution in [0.25, 0.3) is 28.1 Å². The molecule has 4 aromatic rings. The number of carbonyl (C=O) groups excluding carboxylic acids is 1. The molecule has 4 rings (SSSR count). The zero-order valence-corrected chi connectivity index (χ0v) is 16.5. The molecular weight excluding hydrogens is 374 g/mol. The third kappa shape index (κ3) is 4.15. The summed E-state index contributed by atoms with van der Waals surface area (Å²) in [4.78, 5) is 16.7. The van der Waals surface area contributed by atoms with Gasteiger partial charge >= 0.3 is 0 Å². The van der Waals surface area contributed by atoms with E-state index >= 15 is 0 Å². The number of aromatic nitrogens is 1. The molecule has 5 nitrogen and oxygen atoms in total. The van der Waals surface area contributed by atoms with Gasteiger partial charge in [-0.2, -0.15) is 0 Å². The maximum Gasteiger partial charge on any atom is 0.248 e. The molecule has 1 amide bonds. The first-order valence-corrected chi connectivity index (χ1v) is 9.51. The van der Waals surface area contributed by atoms with E-state index in [4.69, 9.17) is 10.5 Å². The number of rotatable bonds is 5. The second-order valence-electron chi connectivity index (χ2n) is 6.78. The molecule has 0 saturated carbocycles. The molecular formula is C25H21N3O2. The van der Waals surface area contributed by atoms with Crippen LogP contribution in [0.5, 0.6) is 5.75 Å². The fourth-order valence-corrected chi connectivity index (χ4v) is 3.23. The summed E-state index contributed by atoms with van der Waals surface area (Å²) >= 11 is 0. The van der Waals surface area contributed by atoms with Gasteiger partial charge in [0.2, 0.25) is 5.91 Å². The van der Waals surface area contributed by atoms with Gasteiger partial charge in [0.25, 0.3) is 0 Å². The zero-order valence-electron chi connectivity index (χ0n) is 16.5. The fourth-order valence-electron chi connectivity index (χ4n) is 3.23. The second-order valence-corrected chi connectivity index (χ2v) is 6.78. The van der Waals surface area contributed by atoms with Crippen molar-refractivity contribution in [2.75, 3.05) is 18.2 Å². The number of hydrogen-bond acceptors (Lipinski definition) is 4. The Balaban J connectivity index is 1.56. The van der Waals surface area contributed by atoms with Crippen molar-refractivity contribution in [1.82, 2.24) is 4.98 Å². The molecule has 0 aliphatic heterocycles. The van der Waals surface area contributed by atoms with Crippen molar-refractivity contribution in [2.24, 2.45) is 0 Å². The molecule has 0 atom stereocenters. The highest BCUT2D eigenvalue weighted by Crippen LogP contribution is 2.30. The number of amides is 1. The summed E-state index contributed by atoms with van der Waals surface area (Å²) < 4.78 is 5.55. The van der Waals surface area contributed by atoms with Crippen LogP contribution in [0.1, 0.15) is 5.56 Å². The monoisotopic (exact) mass is 395 g/mol. The molecule has 1 heterocycles. The molecule has 0 saturated heterocycles. The highest BCUT2D eigenvalue weighted by atomic mass is 16.5. The molecule has 0 unspecified atom stereocenters. The van der Waals surface area contributed by atoms with Crippen LogP contribution in [0.2, 0.25) is 0 Å². The molecule has 0 bridgehead atoms. The summed E-state index contributed by atoms with van der Waals surface area (Å²) in [5.41, 5.74) is 10.8. The van der Waals surface area contributed by atoms with Gasteiger partial charge in [0.15, 0.2) is 0 Å². The smallest absolute Gasteiger partial charge is 0.248 e. The Morgan fingerprint density at radius 2 is 1.80 bits per heavy atom. The number of pyridine rings is 1. The number of ether oxygens (including phenoxy) is 1. The average molecular weight is 395 g/mol. The Hall–Kier alpha value is -4.12. The third-order valence-electron chi connectivity index (χ3n) is 4.81. The highest BCUT2D eigenvalue weighted by molar-refractivity contribution is 6.03. The van der Waals surface area contributed by atoms with Gasteiger partial charge in [0.05, 0.1) is 24.0 Å². The topological polar surface area (TPSA) is 77.2 Å². The quantitative estimate of drug-likeness (QED) is 0.362. The largest absolute Gasteiger partial charge is 0.496 e. The number of nitrogens with zero attached hydrogens (tertiary/aromatic N) is 1. The van der Waals surface area contributed by atoms with Crippen molar-refractivity contribution in [1.29, 1.82) is 0 Å². The number of nitrogen functional groups attached to an aromatic ring is 1. The summed E-state index contributed by atoms with van der Waals surface area (Å²) in [5.74, 6) is 0.413. The Kier molecular flexibility index (Phi) is 5.44. The van der Waals surface area contributed by atoms with Crippen molar-refractivity contribution in [3.05, 3.63) is 90.6 Å². The number of carbonyl (C=O) groups is 1. The van der Waals surface area contributed by atoms with E-state index in [9.17, 15) is 4.79 Å². The molecule has 148 valence electrons. The van der Waals surface area contributed by atoms with E-state index in [0.717, 1.165) is 27.6 Å². The van der Waals surface area contributed by atoms with E-state index in [1.807, 2.05) is 42.5 Å². The number of hydrogen-bond donors (Lipinski definition) is 2. The van der Waals surface area contributed by atoms with Crippen LogP contribution >= 0.6 is 0 Å². The fraction of sp³-hybridized carbons (Fsp3) is 0.0400. The summed E-state index contributed by atoms with van der Waals surface area (Å²) in [6, 6.07) is 23.1. The van der Waals surface area contributed by atoms with Crippen LogP contribution < -0.4 is 15.8 Å². The summed E-state index contributed by atoms with van der Waals surface area (Å²) in [7, 11) is 1.61. The van der Waals surface area contributed by atoms with Crippen molar-refractivity contribution in [3.63, 3.8) is 0 Å². The molecule has 0 aliphatic carbocycles. The highest BCUT2D eigenvalue weighted by Gasteiger charge is 2.07. The van der Waals surface area contributed by atoms with Crippen LogP contribution in [0.3, 0.4) is 0 Å². The lowest BCUT2D eigenvalue weighted by molar-refractivity contribution is -0.111. The van der Waals surface area contributed by atoms with Crippen LogP contribution in [-0.2, 0) is 4.79 Å². The van der Waals surface area contributed by atoms with Crippen LogP contribution in [0.15, 0.2) is 85.1 Å². The van der Waals surface area contributed by atoms with Crippen LogP contribution in [0.4, 0.5) is 11.4 Å². The van der Waals surface area contributed by atoms with Gasteiger partial charge in [-0.1, -0.05) is 42.5 Å². The van der Waals surface area contributed by atoms with E-state index in [-0.39, 0.29) is 5.91 Å². The molecule has 5 heteroatoms. The molecule has 30 heavy (non-hydrogen) atoms. The van der Waals surface area contributed by atoms with Gasteiger partial charge < -0.3 is 15.8 Å². The molecule has 0 radical (unpaired) electrons. The van der Waals surface area contributed by atoms with Crippen LogP contribution in [-0.4, -0.2) is 18.0 Å². The predicted molar refractivity (Wildman–Crippen MR) is 122 cm³/mol. The van der Waals surface area contributed by atoms with Gasteiger partial charge in [-0.05, 0) is 47.5 Å². The molecule has 1 aromatic heterocycles. The van der Waals surface area contributed by atoms with Gasteiger partial charge in [0, 0.05) is 23.2 Å². The van der Waals surface area contributed by atoms with Crippen molar-refractivity contribution >= 4 is 34.3 Å². The Bertz CT molecular complexity index is 1250. The van der Waals surface area contributed by atoms with E-state index in [1.165, 1.54) is 6.08 Å². The van der Waals surface area contributed by atoms with Crippen molar-refractivity contribution < 1.29 is 9.53 Å². The summed E-state index contributed by atoms with van der Waals surface area (Å²) in [6.07, 6.45) is 4.97. The number of fused-ring (bicyclic) bond motifs is 1. The normalized spacial score (nSPS) is 11.0. The standard InChI is InChI=1S/C25H21N3O2/c1-30-24-16-20(19-10-8-17-5-4-14-27-23(17)15-19)11-9-18(24)12-13-25(29)28-22-7-3-2-6-21(22)26/h2-16H,26H2,1H3,(H,28,29)/b13-12+. The summed E-state index contributed by atoms with van der Waals surface area (Å²) in [5, 5.41) is 3.87. The van der Waals surface area contributed by atoms with Crippen molar-refractivity contribution in [3.8, 4) is 16.9 Å². The third-order valence-corrected chi connectivity index (χ3v) is 4.81. The first-order valence-electron chi connectivity index (χ1n) is 9.51. The molecule has 3 aromatic carbocycles. The number of nitrogens with one attached hydrogen (secondary N) is 1. The van der Waals surface area contributed by atoms with E-state index < -0.39 is 0 Å². The first-order chi connectivity index (χ1) is 14.6. The van der Waals surface area contributed by atoms with Gasteiger partial charge in [-0.25, -0.2) is 0 Å². The minimum atomic E-state index is -0.264. The van der Waals surface area contributed by atoms with E-state index in [1.54, 1.807) is 31.5 Å². The number of para-hydroxylation sites is 2. The molecule has 0 aliphatic rings. The zero-order chi connectivity index (χ0) is 20.9. The minimum absolute atomic E-state index is 0.264. The molecule has 0 spiro atoms. The minimum Gasteiger partial charge on any atom is -0.496 e. The maximum atomic E-state index is 12.2. The maximum absolute atomic E-state index is 12.2. The SMILES string of the molecule is COc1cc(-c2ccc3cccnc3c2)ccc1/C=C/C(=O)Nc1ccccc1N. The Morgan fingerprint density at radius 1 is 1.00 bits per heavy atom. The summed E-state index contributed by atoms with van der Waals surface area (Å²) in [6.45, 7) is 0. The number of nitrogens with two attached hydrogens (primary N) is 1. The van der Waals surface area contributed by atoms with Gasteiger partial charge in [-0.3, -0.25) is 9.78 Å². The lowest BCUT2D eigenvalue weighted by atomic mass is 10.0. The predicted octanol–water partition coefficient (Wildman–Crippen LogP) is 5.14. The average Bonchev–Trinajstić information content (AvgIpc) is 2.78. The van der Waals surface area contributed by atoms with E-state index in [2.05, 4.69) is 28.5 Å². The molecule has 3 N–H and O–H groups in total. The lowest BCUT2D eigenvalue weighted by Gasteiger charge is -2.09. The Labute approximate surface area is 174 Å². The lowest BCUT2D eigenvalue weighted by Crippen LogP contribution is -2.09. The van der Waals surface area contributed by atoms with Crippen molar-refractivity contribution in [2.45, 2.75) is 0 Å². The Morgan fingerprint density at radius 3 is 2.63 bits per heavy atom. The number of benzene rings is 3. The number of anilines is 2. The number of methoxy groups -OCH3 is 1.